The summed E-state index contributed by atoms with van der Waals surface area (Å²) in [5.41, 5.74) is 7.69. The maximum atomic E-state index is 14.0. The molecule has 0 atom stereocenters. The Hall–Kier alpha value is -2.37. The molecule has 0 saturated carbocycles. The zero-order valence-corrected chi connectivity index (χ0v) is 27.6. The number of fused-ring (bicyclic) bond motifs is 1. The molecule has 1 aromatic heterocycles. The van der Waals surface area contributed by atoms with Crippen LogP contribution in [0, 0.1) is 27.7 Å². The second-order valence-electron chi connectivity index (χ2n) is 11.6. The quantitative estimate of drug-likeness (QED) is 0.116. The normalized spacial score (nSPS) is 11.8. The van der Waals surface area contributed by atoms with Crippen LogP contribution in [0.5, 0.6) is 0 Å². The largest absolute Gasteiger partial charge is 0.334 e. The molecule has 0 unspecified atom stereocenters. The summed E-state index contributed by atoms with van der Waals surface area (Å²) in [4.78, 5) is 16.6. The van der Waals surface area contributed by atoms with Crippen molar-refractivity contribution in [2.45, 2.75) is 67.5 Å². The smallest absolute Gasteiger partial charge is 0.265 e. The fraction of sp³-hybridized carbons (Fsp3) is 0.400. The van der Waals surface area contributed by atoms with Crippen LogP contribution in [0.3, 0.4) is 0 Å². The predicted molar refractivity (Wildman–Crippen MR) is 178 cm³/mol. The number of carbonyl (C=O) groups excluding carboxylic acids is 1. The van der Waals surface area contributed by atoms with Crippen molar-refractivity contribution in [1.82, 2.24) is 4.90 Å². The Morgan fingerprint density at radius 3 is 2.20 bits per heavy atom. The molecule has 0 saturated heterocycles. The molecule has 0 bridgehead atoms. The van der Waals surface area contributed by atoms with Crippen LogP contribution in [-0.4, -0.2) is 41.5 Å². The molecular weight excluding hydrogens is 567 g/mol. The number of hydrogen-bond donors (Lipinski definition) is 0. The Labute approximate surface area is 260 Å². The highest BCUT2D eigenvalue weighted by Gasteiger charge is 2.26. The Kier molecular flexibility index (Phi) is 10.6. The van der Waals surface area contributed by atoms with Gasteiger partial charge in [-0.1, -0.05) is 76.8 Å². The fourth-order valence-corrected chi connectivity index (χ4v) is 7.78. The molecule has 4 rings (SSSR count). The van der Waals surface area contributed by atoms with Gasteiger partial charge < -0.3 is 9.38 Å². The van der Waals surface area contributed by atoms with E-state index in [-0.39, 0.29) is 5.91 Å². The summed E-state index contributed by atoms with van der Waals surface area (Å²) in [5.74, 6) is -0.0209. The standard InChI is InChI=1S/C35H43Cl2N2OS/c1-7-39(8-2,23-29-19-24(3)18-25(4)20-29)17-10-9-16-38(22-28-15-14-26(5)27(6)21-28)35(40)34-33(37)32-30(36)12-11-13-31(32)41-34/h11-15,18-21H,7-10,16-17,22-23H2,1-6H3/q+1. The highest BCUT2D eigenvalue weighted by atomic mass is 35.5. The summed E-state index contributed by atoms with van der Waals surface area (Å²) < 4.78 is 1.99. The van der Waals surface area contributed by atoms with E-state index in [1.54, 1.807) is 0 Å². The number of thiophene rings is 1. The van der Waals surface area contributed by atoms with Crippen LogP contribution < -0.4 is 0 Å². The molecule has 1 heterocycles. The number of halogens is 2. The van der Waals surface area contributed by atoms with Gasteiger partial charge in [0.15, 0.2) is 0 Å². The molecule has 4 aromatic rings. The minimum atomic E-state index is -0.0209. The molecule has 0 N–H and O–H groups in total. The van der Waals surface area contributed by atoms with E-state index in [0.717, 1.165) is 59.2 Å². The summed E-state index contributed by atoms with van der Waals surface area (Å²) in [6.45, 7) is 18.8. The highest BCUT2D eigenvalue weighted by molar-refractivity contribution is 7.21. The van der Waals surface area contributed by atoms with Crippen LogP contribution in [0.1, 0.15) is 69.7 Å². The van der Waals surface area contributed by atoms with E-state index >= 15 is 0 Å². The number of carbonyl (C=O) groups is 1. The van der Waals surface area contributed by atoms with Crippen molar-refractivity contribution in [2.75, 3.05) is 26.2 Å². The molecule has 3 nitrogen and oxygen atoms in total. The van der Waals surface area contributed by atoms with Gasteiger partial charge in [0, 0.05) is 28.7 Å². The Bertz CT molecular complexity index is 1500. The number of benzene rings is 3. The van der Waals surface area contributed by atoms with Crippen molar-refractivity contribution in [3.8, 4) is 0 Å². The molecule has 3 aromatic carbocycles. The van der Waals surface area contributed by atoms with E-state index in [1.807, 2.05) is 23.1 Å². The molecule has 0 aliphatic carbocycles. The lowest BCUT2D eigenvalue weighted by atomic mass is 10.1. The third kappa shape index (κ3) is 7.53. The van der Waals surface area contributed by atoms with Crippen LogP contribution in [0.4, 0.5) is 0 Å². The average Bonchev–Trinajstić information content (AvgIpc) is 3.28. The van der Waals surface area contributed by atoms with Gasteiger partial charge in [-0.25, -0.2) is 0 Å². The summed E-state index contributed by atoms with van der Waals surface area (Å²) in [6, 6.07) is 19.1. The Morgan fingerprint density at radius 1 is 0.854 bits per heavy atom. The van der Waals surface area contributed by atoms with Crippen molar-refractivity contribution in [2.24, 2.45) is 0 Å². The van der Waals surface area contributed by atoms with Crippen molar-refractivity contribution >= 4 is 50.5 Å². The lowest BCUT2D eigenvalue weighted by Crippen LogP contribution is -2.47. The highest BCUT2D eigenvalue weighted by Crippen LogP contribution is 2.40. The molecule has 0 radical (unpaired) electrons. The summed E-state index contributed by atoms with van der Waals surface area (Å²) in [7, 11) is 0. The van der Waals surface area contributed by atoms with Gasteiger partial charge in [0.2, 0.25) is 0 Å². The number of hydrogen-bond acceptors (Lipinski definition) is 2. The van der Waals surface area contributed by atoms with Gasteiger partial charge in [-0.3, -0.25) is 4.79 Å². The third-order valence-electron chi connectivity index (χ3n) is 8.48. The summed E-state index contributed by atoms with van der Waals surface area (Å²) in [6.07, 6.45) is 1.99. The minimum Gasteiger partial charge on any atom is -0.334 e. The molecule has 0 spiro atoms. The summed E-state index contributed by atoms with van der Waals surface area (Å²) in [5, 5.41) is 1.82. The molecular formula is C35H43Cl2N2OS+. The first-order valence-electron chi connectivity index (χ1n) is 14.7. The first-order chi connectivity index (χ1) is 19.6. The van der Waals surface area contributed by atoms with Crippen LogP contribution in [0.2, 0.25) is 10.0 Å². The Morgan fingerprint density at radius 2 is 1.56 bits per heavy atom. The van der Waals surface area contributed by atoms with Crippen LogP contribution in [-0.2, 0) is 13.1 Å². The maximum absolute atomic E-state index is 14.0. The molecule has 0 aliphatic rings. The minimum absolute atomic E-state index is 0.0209. The van der Waals surface area contributed by atoms with Crippen molar-refractivity contribution in [1.29, 1.82) is 0 Å². The Balaban J connectivity index is 1.52. The van der Waals surface area contributed by atoms with Crippen LogP contribution >= 0.6 is 34.5 Å². The molecule has 41 heavy (non-hydrogen) atoms. The van der Waals surface area contributed by atoms with Crippen molar-refractivity contribution in [3.63, 3.8) is 0 Å². The molecule has 218 valence electrons. The van der Waals surface area contributed by atoms with Gasteiger partial charge in [0.05, 0.1) is 29.7 Å². The van der Waals surface area contributed by atoms with Gasteiger partial charge >= 0.3 is 0 Å². The van der Waals surface area contributed by atoms with E-state index in [4.69, 9.17) is 23.2 Å². The van der Waals surface area contributed by atoms with Crippen LogP contribution in [0.25, 0.3) is 10.1 Å². The monoisotopic (exact) mass is 609 g/mol. The first-order valence-corrected chi connectivity index (χ1v) is 16.3. The topological polar surface area (TPSA) is 20.3 Å². The third-order valence-corrected chi connectivity index (χ3v) is 10.4. The number of amides is 1. The number of aryl methyl sites for hydroxylation is 4. The van der Waals surface area contributed by atoms with E-state index in [1.165, 1.54) is 39.2 Å². The summed E-state index contributed by atoms with van der Waals surface area (Å²) >= 11 is 14.7. The number of nitrogens with zero attached hydrogens (tertiary/aromatic N) is 2. The predicted octanol–water partition coefficient (Wildman–Crippen LogP) is 9.92. The number of unbranched alkanes of at least 4 members (excludes halogenated alkanes) is 1. The second-order valence-corrected chi connectivity index (χ2v) is 13.4. The molecule has 6 heteroatoms. The molecule has 0 aliphatic heterocycles. The fourth-order valence-electron chi connectivity index (χ4n) is 5.87. The van der Waals surface area contributed by atoms with E-state index in [0.29, 0.717) is 28.0 Å². The van der Waals surface area contributed by atoms with Gasteiger partial charge in [-0.05, 0) is 83.2 Å². The van der Waals surface area contributed by atoms with E-state index in [9.17, 15) is 4.79 Å². The van der Waals surface area contributed by atoms with Gasteiger partial charge in [0.1, 0.15) is 11.4 Å². The zero-order chi connectivity index (χ0) is 29.7. The van der Waals surface area contributed by atoms with Gasteiger partial charge in [-0.2, -0.15) is 0 Å². The van der Waals surface area contributed by atoms with Gasteiger partial charge in [0.25, 0.3) is 5.91 Å². The second kappa shape index (κ2) is 13.7. The average molecular weight is 611 g/mol. The maximum Gasteiger partial charge on any atom is 0.265 e. The van der Waals surface area contributed by atoms with E-state index in [2.05, 4.69) is 77.9 Å². The zero-order valence-electron chi connectivity index (χ0n) is 25.3. The first kappa shape index (κ1) is 31.6. The number of rotatable bonds is 12. The lowest BCUT2D eigenvalue weighted by molar-refractivity contribution is -0.938. The molecule has 0 fully saturated rings. The number of quaternary nitrogens is 1. The van der Waals surface area contributed by atoms with E-state index < -0.39 is 0 Å². The molecule has 1 amide bonds. The van der Waals surface area contributed by atoms with Gasteiger partial charge in [-0.15, -0.1) is 11.3 Å². The van der Waals surface area contributed by atoms with Crippen LogP contribution in [0.15, 0.2) is 54.6 Å². The van der Waals surface area contributed by atoms with Crippen molar-refractivity contribution < 1.29 is 9.28 Å². The SMILES string of the molecule is CC[N+](CC)(CCCCN(Cc1ccc(C)c(C)c1)C(=O)c1sc2cccc(Cl)c2c1Cl)Cc1cc(C)cc(C)c1. The van der Waals surface area contributed by atoms with Crippen molar-refractivity contribution in [3.05, 3.63) is 103 Å². The lowest BCUT2D eigenvalue weighted by Gasteiger charge is -2.37.